The molecule has 0 fully saturated rings. The second-order valence-corrected chi connectivity index (χ2v) is 8.34. The molecule has 0 radical (unpaired) electrons. The quantitative estimate of drug-likeness (QED) is 0.588. The Hall–Kier alpha value is -3.54. The predicted molar refractivity (Wildman–Crippen MR) is 121 cm³/mol. The number of hydrogen-bond acceptors (Lipinski definition) is 4. The summed E-state index contributed by atoms with van der Waals surface area (Å²) in [6.07, 6.45) is -0.788. The minimum atomic E-state index is -0.788. The molecule has 3 aromatic carbocycles. The molecule has 1 atom stereocenters. The molecular formula is C25H28N2O4. The van der Waals surface area contributed by atoms with Gasteiger partial charge in [-0.2, -0.15) is 0 Å². The topological polar surface area (TPSA) is 76.7 Å². The highest BCUT2D eigenvalue weighted by Gasteiger charge is 2.19. The number of hydrazine groups is 1. The molecule has 3 aromatic rings. The lowest BCUT2D eigenvalue weighted by molar-refractivity contribution is -0.133. The molecule has 0 heterocycles. The molecule has 0 bridgehead atoms. The molecule has 2 N–H and O–H groups in total. The van der Waals surface area contributed by atoms with Crippen molar-refractivity contribution in [1.82, 2.24) is 10.9 Å². The van der Waals surface area contributed by atoms with Gasteiger partial charge >= 0.3 is 0 Å². The van der Waals surface area contributed by atoms with Gasteiger partial charge in [0, 0.05) is 0 Å². The van der Waals surface area contributed by atoms with Crippen LogP contribution in [0.4, 0.5) is 0 Å². The van der Waals surface area contributed by atoms with Gasteiger partial charge in [-0.05, 0) is 46.9 Å². The molecular weight excluding hydrogens is 392 g/mol. The number of carbonyl (C=O) groups is 2. The van der Waals surface area contributed by atoms with Gasteiger partial charge in [-0.1, -0.05) is 69.3 Å². The van der Waals surface area contributed by atoms with Gasteiger partial charge in [0.15, 0.2) is 12.7 Å². The van der Waals surface area contributed by atoms with Gasteiger partial charge in [0.2, 0.25) is 0 Å². The van der Waals surface area contributed by atoms with Gasteiger partial charge in [0.25, 0.3) is 11.8 Å². The van der Waals surface area contributed by atoms with Crippen LogP contribution in [0.1, 0.15) is 33.3 Å². The van der Waals surface area contributed by atoms with Crippen LogP contribution in [0.5, 0.6) is 11.5 Å². The van der Waals surface area contributed by atoms with E-state index in [2.05, 4.69) is 31.6 Å². The summed E-state index contributed by atoms with van der Waals surface area (Å²) >= 11 is 0. The van der Waals surface area contributed by atoms with Crippen molar-refractivity contribution >= 4 is 22.6 Å². The summed E-state index contributed by atoms with van der Waals surface area (Å²) in [6.45, 7) is 7.63. The molecule has 0 aromatic heterocycles. The summed E-state index contributed by atoms with van der Waals surface area (Å²) in [5.74, 6) is 0.297. The van der Waals surface area contributed by atoms with Crippen LogP contribution in [0, 0.1) is 0 Å². The third-order valence-electron chi connectivity index (χ3n) is 4.78. The number of ether oxygens (including phenoxy) is 2. The van der Waals surface area contributed by atoms with E-state index in [0.29, 0.717) is 11.5 Å². The van der Waals surface area contributed by atoms with Crippen molar-refractivity contribution < 1.29 is 19.1 Å². The van der Waals surface area contributed by atoms with Crippen LogP contribution in [0.3, 0.4) is 0 Å². The molecule has 31 heavy (non-hydrogen) atoms. The third-order valence-corrected chi connectivity index (χ3v) is 4.78. The van der Waals surface area contributed by atoms with Crippen LogP contribution in [0.25, 0.3) is 10.8 Å². The number of rotatable bonds is 6. The molecule has 0 saturated heterocycles. The summed E-state index contributed by atoms with van der Waals surface area (Å²) in [7, 11) is 0. The summed E-state index contributed by atoms with van der Waals surface area (Å²) < 4.78 is 11.4. The molecule has 6 heteroatoms. The van der Waals surface area contributed by atoms with Crippen molar-refractivity contribution in [3.8, 4) is 11.5 Å². The van der Waals surface area contributed by atoms with Crippen LogP contribution < -0.4 is 20.3 Å². The smallest absolute Gasteiger partial charge is 0.279 e. The van der Waals surface area contributed by atoms with Crippen molar-refractivity contribution in [1.29, 1.82) is 0 Å². The normalized spacial score (nSPS) is 12.1. The lowest BCUT2D eigenvalue weighted by atomic mass is 9.86. The maximum absolute atomic E-state index is 12.3. The fourth-order valence-corrected chi connectivity index (χ4v) is 3.12. The first-order valence-corrected chi connectivity index (χ1v) is 10.2. The monoisotopic (exact) mass is 420 g/mol. The second kappa shape index (κ2) is 9.51. The van der Waals surface area contributed by atoms with E-state index in [-0.39, 0.29) is 12.0 Å². The van der Waals surface area contributed by atoms with E-state index < -0.39 is 17.9 Å². The summed E-state index contributed by atoms with van der Waals surface area (Å²) in [4.78, 5) is 24.4. The number of carbonyl (C=O) groups excluding carboxylic acids is 2. The number of fused-ring (bicyclic) bond motifs is 1. The van der Waals surface area contributed by atoms with E-state index >= 15 is 0 Å². The average molecular weight is 421 g/mol. The fourth-order valence-electron chi connectivity index (χ4n) is 3.12. The maximum atomic E-state index is 12.3. The Labute approximate surface area is 182 Å². The highest BCUT2D eigenvalue weighted by atomic mass is 16.5. The number of amides is 2. The predicted octanol–water partition coefficient (Wildman–Crippen LogP) is 4.13. The molecule has 0 aliphatic heterocycles. The lowest BCUT2D eigenvalue weighted by Gasteiger charge is -2.22. The number of benzene rings is 3. The van der Waals surface area contributed by atoms with E-state index in [4.69, 9.17) is 9.47 Å². The molecule has 0 aliphatic rings. The minimum Gasteiger partial charge on any atom is -0.483 e. The first-order valence-electron chi connectivity index (χ1n) is 10.2. The highest BCUT2D eigenvalue weighted by Crippen LogP contribution is 2.30. The maximum Gasteiger partial charge on any atom is 0.279 e. The van der Waals surface area contributed by atoms with Crippen molar-refractivity contribution in [3.05, 3.63) is 72.3 Å². The average Bonchev–Trinajstić information content (AvgIpc) is 2.75. The van der Waals surface area contributed by atoms with Crippen molar-refractivity contribution in [2.24, 2.45) is 0 Å². The fraction of sp³-hybridized carbons (Fsp3) is 0.280. The SMILES string of the molecule is CC(Oc1ccc2ccccc2c1)C(=O)NNC(=O)COc1ccccc1C(C)(C)C. The Balaban J connectivity index is 1.49. The Morgan fingerprint density at radius 3 is 2.32 bits per heavy atom. The van der Waals surface area contributed by atoms with E-state index in [1.54, 1.807) is 6.92 Å². The van der Waals surface area contributed by atoms with Gasteiger partial charge < -0.3 is 9.47 Å². The third kappa shape index (κ3) is 5.98. The summed E-state index contributed by atoms with van der Waals surface area (Å²) in [5.41, 5.74) is 5.63. The van der Waals surface area contributed by atoms with E-state index in [0.717, 1.165) is 16.3 Å². The van der Waals surface area contributed by atoms with E-state index in [9.17, 15) is 9.59 Å². The molecule has 2 amide bonds. The van der Waals surface area contributed by atoms with Crippen LogP contribution in [-0.4, -0.2) is 24.5 Å². The minimum absolute atomic E-state index is 0.114. The van der Waals surface area contributed by atoms with Gasteiger partial charge in [0.05, 0.1) is 0 Å². The zero-order valence-corrected chi connectivity index (χ0v) is 18.3. The summed E-state index contributed by atoms with van der Waals surface area (Å²) in [6, 6.07) is 21.1. The molecule has 3 rings (SSSR count). The van der Waals surface area contributed by atoms with E-state index in [1.165, 1.54) is 0 Å². The van der Waals surface area contributed by atoms with Crippen molar-refractivity contribution in [2.45, 2.75) is 39.2 Å². The Morgan fingerprint density at radius 2 is 1.58 bits per heavy atom. The highest BCUT2D eigenvalue weighted by molar-refractivity contribution is 5.86. The van der Waals surface area contributed by atoms with Crippen LogP contribution in [0.2, 0.25) is 0 Å². The molecule has 162 valence electrons. The summed E-state index contributed by atoms with van der Waals surface area (Å²) in [5, 5.41) is 2.11. The number of hydrogen-bond donors (Lipinski definition) is 2. The zero-order chi connectivity index (χ0) is 22.4. The molecule has 6 nitrogen and oxygen atoms in total. The lowest BCUT2D eigenvalue weighted by Crippen LogP contribution is -2.48. The number of para-hydroxylation sites is 1. The Kier molecular flexibility index (Phi) is 6.80. The molecule has 0 aliphatic carbocycles. The van der Waals surface area contributed by atoms with Crippen molar-refractivity contribution in [3.63, 3.8) is 0 Å². The first-order chi connectivity index (χ1) is 14.7. The standard InChI is InChI=1S/C25H28N2O4/c1-17(31-20-14-13-18-9-5-6-10-19(18)15-20)24(29)27-26-23(28)16-30-22-12-8-7-11-21(22)25(2,3)4/h5-15,17H,16H2,1-4H3,(H,26,28)(H,27,29). The number of nitrogens with one attached hydrogen (secondary N) is 2. The van der Waals surface area contributed by atoms with Gasteiger partial charge in [-0.15, -0.1) is 0 Å². The molecule has 1 unspecified atom stereocenters. The van der Waals surface area contributed by atoms with E-state index in [1.807, 2.05) is 66.7 Å². The zero-order valence-electron chi connectivity index (χ0n) is 18.3. The van der Waals surface area contributed by atoms with Crippen molar-refractivity contribution in [2.75, 3.05) is 6.61 Å². The van der Waals surface area contributed by atoms with Crippen LogP contribution >= 0.6 is 0 Å². The molecule has 0 saturated carbocycles. The first kappa shape index (κ1) is 22.2. The van der Waals surface area contributed by atoms with Crippen LogP contribution in [0.15, 0.2) is 66.7 Å². The Morgan fingerprint density at radius 1 is 0.903 bits per heavy atom. The van der Waals surface area contributed by atoms with Gasteiger partial charge in [-0.25, -0.2) is 0 Å². The second-order valence-electron chi connectivity index (χ2n) is 8.34. The van der Waals surface area contributed by atoms with Gasteiger partial charge in [-0.3, -0.25) is 20.4 Å². The molecule has 0 spiro atoms. The largest absolute Gasteiger partial charge is 0.483 e. The van der Waals surface area contributed by atoms with Crippen LogP contribution in [-0.2, 0) is 15.0 Å². The van der Waals surface area contributed by atoms with Gasteiger partial charge in [0.1, 0.15) is 11.5 Å². The Bertz CT molecular complexity index is 1070.